The van der Waals surface area contributed by atoms with Crippen LogP contribution in [0.1, 0.15) is 5.69 Å². The molecule has 0 aliphatic carbocycles. The number of aromatic nitrogens is 2. The van der Waals surface area contributed by atoms with Gasteiger partial charge in [0.2, 0.25) is 15.8 Å². The zero-order valence-corrected chi connectivity index (χ0v) is 15.2. The first kappa shape index (κ1) is 17.7. The molecule has 0 atom stereocenters. The molecular weight excluding hydrogens is 423 g/mol. The van der Waals surface area contributed by atoms with Gasteiger partial charge in [-0.25, -0.2) is 27.2 Å². The van der Waals surface area contributed by atoms with Gasteiger partial charge in [0, 0.05) is 6.54 Å². The standard InChI is InChI=1S/C12H14BrFN6O4S/c1-16-25(22,23)5-4-17-12-10(18-24-19-12)11(15)20(21)7-2-3-9(14)8(13)6-7/h2-3,6,15-16,21H,4-5H2,1H3,(H,17,19)/b15-11-. The van der Waals surface area contributed by atoms with Gasteiger partial charge in [-0.1, -0.05) is 0 Å². The van der Waals surface area contributed by atoms with E-state index in [2.05, 4.69) is 46.3 Å². The highest BCUT2D eigenvalue weighted by molar-refractivity contribution is 9.10. The van der Waals surface area contributed by atoms with Crippen LogP contribution in [-0.2, 0) is 10.0 Å². The second-order valence-electron chi connectivity index (χ2n) is 4.65. The van der Waals surface area contributed by atoms with Crippen molar-refractivity contribution < 1.29 is 24.1 Å². The summed E-state index contributed by atoms with van der Waals surface area (Å²) in [6.07, 6.45) is 0. The smallest absolute Gasteiger partial charge is 0.213 e. The predicted molar refractivity (Wildman–Crippen MR) is 90.8 cm³/mol. The van der Waals surface area contributed by atoms with E-state index in [4.69, 9.17) is 1.41 Å². The quantitative estimate of drug-likeness (QED) is 0.287. The maximum atomic E-state index is 13.3. The number of benzene rings is 1. The van der Waals surface area contributed by atoms with Crippen molar-refractivity contribution in [3.05, 3.63) is 34.2 Å². The molecule has 1 aromatic heterocycles. The summed E-state index contributed by atoms with van der Waals surface area (Å²) in [6, 6.07) is 3.62. The van der Waals surface area contributed by atoms with Gasteiger partial charge in [-0.05, 0) is 51.5 Å². The molecular formula is C12H14BrFN6O4S. The van der Waals surface area contributed by atoms with Gasteiger partial charge in [0.25, 0.3) is 0 Å². The van der Waals surface area contributed by atoms with E-state index in [1.807, 2.05) is 0 Å². The number of rotatable bonds is 7. The summed E-state index contributed by atoms with van der Waals surface area (Å²) < 4.78 is 50.2. The third-order valence-corrected chi connectivity index (χ3v) is 4.99. The van der Waals surface area contributed by atoms with Crippen LogP contribution in [0.2, 0.25) is 1.41 Å². The largest absolute Gasteiger partial charge is 0.364 e. The van der Waals surface area contributed by atoms with Gasteiger partial charge in [0.15, 0.2) is 12.9 Å². The number of nitrogens with zero attached hydrogens (tertiary/aromatic N) is 3. The van der Waals surface area contributed by atoms with Crippen molar-refractivity contribution >= 4 is 43.3 Å². The average Bonchev–Trinajstić information content (AvgIpc) is 3.06. The number of halogens is 2. The first-order chi connectivity index (χ1) is 12.3. The van der Waals surface area contributed by atoms with Crippen molar-refractivity contribution in [3.8, 4) is 0 Å². The van der Waals surface area contributed by atoms with Crippen LogP contribution >= 0.6 is 15.9 Å². The molecule has 0 saturated heterocycles. The van der Waals surface area contributed by atoms with E-state index in [0.717, 1.165) is 6.07 Å². The fourth-order valence-corrected chi connectivity index (χ4v) is 2.64. The van der Waals surface area contributed by atoms with Crippen molar-refractivity contribution in [1.82, 2.24) is 15.0 Å². The molecule has 0 amide bonds. The summed E-state index contributed by atoms with van der Waals surface area (Å²) in [5.74, 6) is -1.19. The Bertz CT molecular complexity index is 909. The van der Waals surface area contributed by atoms with Crippen molar-refractivity contribution in [2.45, 2.75) is 0 Å². The monoisotopic (exact) mass is 436 g/mol. The molecule has 4 N–H and O–H groups in total. The van der Waals surface area contributed by atoms with E-state index in [1.165, 1.54) is 19.2 Å². The van der Waals surface area contributed by atoms with Crippen LogP contribution in [0.5, 0.6) is 0 Å². The topological polar surface area (TPSA) is 144 Å². The molecule has 2 rings (SSSR count). The molecule has 1 heterocycles. The average molecular weight is 437 g/mol. The predicted octanol–water partition coefficient (Wildman–Crippen LogP) is 1.15. The van der Waals surface area contributed by atoms with Gasteiger partial charge in [-0.2, -0.15) is 0 Å². The van der Waals surface area contributed by atoms with Crippen LogP contribution < -0.4 is 15.1 Å². The highest BCUT2D eigenvalue weighted by Gasteiger charge is 2.22. The van der Waals surface area contributed by atoms with Crippen molar-refractivity contribution in [2.75, 3.05) is 29.7 Å². The van der Waals surface area contributed by atoms with Gasteiger partial charge < -0.3 is 5.32 Å². The Balaban J connectivity index is 2.20. The Morgan fingerprint density at radius 1 is 1.56 bits per heavy atom. The molecule has 1 aromatic carbocycles. The molecule has 0 radical (unpaired) electrons. The lowest BCUT2D eigenvalue weighted by Gasteiger charge is -2.16. The molecule has 0 aliphatic rings. The normalized spacial score (nSPS) is 12.8. The maximum Gasteiger partial charge on any atom is 0.213 e. The molecule has 0 bridgehead atoms. The van der Waals surface area contributed by atoms with Gasteiger partial charge in [0.1, 0.15) is 5.82 Å². The third kappa shape index (κ3) is 4.72. The van der Waals surface area contributed by atoms with Crippen molar-refractivity contribution in [1.29, 1.82) is 5.40 Å². The summed E-state index contributed by atoms with van der Waals surface area (Å²) in [5, 5.41) is 23.7. The summed E-state index contributed by atoms with van der Waals surface area (Å²) in [5.41, 5.74) is -0.0409. The molecule has 25 heavy (non-hydrogen) atoms. The molecule has 136 valence electrons. The molecule has 0 spiro atoms. The Kier molecular flexibility index (Phi) is 5.57. The van der Waals surface area contributed by atoms with E-state index >= 15 is 0 Å². The summed E-state index contributed by atoms with van der Waals surface area (Å²) in [7, 11) is -2.15. The van der Waals surface area contributed by atoms with Crippen LogP contribution in [-0.4, -0.2) is 49.1 Å². The zero-order valence-electron chi connectivity index (χ0n) is 13.8. The van der Waals surface area contributed by atoms with Gasteiger partial charge in [0.05, 0.1) is 15.9 Å². The van der Waals surface area contributed by atoms with Gasteiger partial charge >= 0.3 is 0 Å². The number of anilines is 2. The molecule has 2 aromatic rings. The summed E-state index contributed by atoms with van der Waals surface area (Å²) in [4.78, 5) is 0. The van der Waals surface area contributed by atoms with Crippen LogP contribution in [0, 0.1) is 11.2 Å². The Labute approximate surface area is 152 Å². The van der Waals surface area contributed by atoms with Crippen LogP contribution in [0.3, 0.4) is 0 Å². The second kappa shape index (κ2) is 7.86. The second-order valence-corrected chi connectivity index (χ2v) is 7.55. The molecule has 0 aliphatic heterocycles. The Hall–Kier alpha value is -2.09. The number of amidine groups is 1. The van der Waals surface area contributed by atoms with E-state index in [-0.39, 0.29) is 39.8 Å². The van der Waals surface area contributed by atoms with E-state index < -0.39 is 15.8 Å². The minimum Gasteiger partial charge on any atom is -0.364 e. The van der Waals surface area contributed by atoms with Crippen molar-refractivity contribution in [3.63, 3.8) is 0 Å². The number of hydroxylamine groups is 1. The Morgan fingerprint density at radius 3 is 2.96 bits per heavy atom. The lowest BCUT2D eigenvalue weighted by atomic mass is 10.3. The highest BCUT2D eigenvalue weighted by atomic mass is 79.9. The lowest BCUT2D eigenvalue weighted by molar-refractivity contribution is 0.300. The molecule has 0 unspecified atom stereocenters. The number of sulfonamides is 1. The SMILES string of the molecule is [H]/N=C(/c1nonc1NCCS(=O)(=O)NC)N(O)c1ccc(F)c(Br)c1. The highest BCUT2D eigenvalue weighted by Crippen LogP contribution is 2.24. The van der Waals surface area contributed by atoms with Crippen molar-refractivity contribution in [2.24, 2.45) is 0 Å². The fraction of sp³-hybridized carbons (Fsp3) is 0.250. The third-order valence-electron chi connectivity index (χ3n) is 3.02. The minimum absolute atomic E-state index is 0.0254. The van der Waals surface area contributed by atoms with Crippen LogP contribution in [0.15, 0.2) is 27.3 Å². The fourth-order valence-electron chi connectivity index (χ4n) is 1.70. The summed E-state index contributed by atoms with van der Waals surface area (Å²) in [6.45, 7) is -0.0385. The minimum atomic E-state index is -3.44. The molecule has 0 saturated carbocycles. The maximum absolute atomic E-state index is 13.3. The molecule has 10 nitrogen and oxygen atoms in total. The zero-order chi connectivity index (χ0) is 19.3. The number of nitrogens with one attached hydrogen (secondary N) is 3. The van der Waals surface area contributed by atoms with E-state index in [1.54, 1.807) is 0 Å². The number of hydrogen-bond acceptors (Lipinski definition) is 8. The van der Waals surface area contributed by atoms with Gasteiger partial charge in [-0.15, -0.1) is 0 Å². The number of hydrogen-bond donors (Lipinski definition) is 4. The Morgan fingerprint density at radius 2 is 2.32 bits per heavy atom. The first-order valence-corrected chi connectivity index (χ1v) is 9.17. The lowest BCUT2D eigenvalue weighted by Crippen LogP contribution is -2.29. The van der Waals surface area contributed by atoms with Crippen LogP contribution in [0.25, 0.3) is 0 Å². The molecule has 13 heteroatoms. The first-order valence-electron chi connectivity index (χ1n) is 7.18. The van der Waals surface area contributed by atoms with Crippen LogP contribution in [0.4, 0.5) is 15.9 Å². The van der Waals surface area contributed by atoms with E-state index in [9.17, 15) is 18.0 Å². The molecule has 0 fully saturated rings. The van der Waals surface area contributed by atoms with E-state index in [0.29, 0.717) is 5.06 Å². The summed E-state index contributed by atoms with van der Waals surface area (Å²) >= 11 is 2.99. The van der Waals surface area contributed by atoms with Gasteiger partial charge in [-0.3, -0.25) is 10.6 Å².